The number of aryl methyl sites for hydroxylation is 1. The molecule has 1 amide bonds. The van der Waals surface area contributed by atoms with Crippen LogP contribution < -0.4 is 5.32 Å². The van der Waals surface area contributed by atoms with E-state index in [2.05, 4.69) is 25.4 Å². The van der Waals surface area contributed by atoms with Crippen LogP contribution in [-0.4, -0.2) is 26.0 Å². The van der Waals surface area contributed by atoms with Crippen molar-refractivity contribution in [2.24, 2.45) is 0 Å². The number of hydrogen-bond acceptors (Lipinski definition) is 6. The summed E-state index contributed by atoms with van der Waals surface area (Å²) in [6, 6.07) is 10.2. The van der Waals surface area contributed by atoms with Gasteiger partial charge in [-0.05, 0) is 38.1 Å². The maximum absolute atomic E-state index is 12.9. The van der Waals surface area contributed by atoms with Crippen molar-refractivity contribution in [3.8, 4) is 11.4 Å². The summed E-state index contributed by atoms with van der Waals surface area (Å²) in [5, 5.41) is 8.04. The maximum Gasteiger partial charge on any atom is 0.252 e. The number of aromatic nitrogens is 4. The predicted molar refractivity (Wildman–Crippen MR) is 105 cm³/mol. The van der Waals surface area contributed by atoms with Crippen molar-refractivity contribution < 1.29 is 9.32 Å². The lowest BCUT2D eigenvalue weighted by molar-refractivity contribution is 0.0934. The second-order valence-corrected chi connectivity index (χ2v) is 6.75. The van der Waals surface area contributed by atoms with Crippen LogP contribution in [-0.2, 0) is 0 Å². The summed E-state index contributed by atoms with van der Waals surface area (Å²) in [4.78, 5) is 25.7. The number of rotatable bonds is 4. The van der Waals surface area contributed by atoms with Crippen molar-refractivity contribution in [1.29, 1.82) is 0 Å². The number of benzene rings is 1. The minimum atomic E-state index is -0.479. The Kier molecular flexibility index (Phi) is 4.75. The number of carbonyl (C=O) groups excluding carboxylic acids is 1. The molecule has 8 heteroatoms. The highest BCUT2D eigenvalue weighted by Crippen LogP contribution is 2.26. The summed E-state index contributed by atoms with van der Waals surface area (Å²) in [5.74, 6) is 0.452. The molecular weight excluding hydrogens is 378 g/mol. The molecule has 0 saturated heterocycles. The Labute approximate surface area is 165 Å². The highest BCUT2D eigenvalue weighted by molar-refractivity contribution is 6.35. The number of hydrogen-bond donors (Lipinski definition) is 1. The third-order valence-electron chi connectivity index (χ3n) is 4.24. The van der Waals surface area contributed by atoms with Gasteiger partial charge in [0.15, 0.2) is 0 Å². The minimum Gasteiger partial charge on any atom is -0.340 e. The van der Waals surface area contributed by atoms with E-state index in [9.17, 15) is 4.79 Å². The van der Waals surface area contributed by atoms with Gasteiger partial charge in [-0.25, -0.2) is 0 Å². The standard InChI is InChI=1S/C20H16ClN5O2/c1-11-9-15(14-6-3-7-16(21)17(14)23-11)19(27)24-12(2)20-25-18(26-28-20)13-5-4-8-22-10-13/h3-10,12H,1-2H3,(H,24,27)/t12-/m1/s1. The van der Waals surface area contributed by atoms with Crippen LogP contribution in [0.2, 0.25) is 5.02 Å². The smallest absolute Gasteiger partial charge is 0.252 e. The fourth-order valence-corrected chi connectivity index (χ4v) is 3.11. The summed E-state index contributed by atoms with van der Waals surface area (Å²) in [6.07, 6.45) is 3.31. The van der Waals surface area contributed by atoms with Crippen molar-refractivity contribution in [2.75, 3.05) is 0 Å². The van der Waals surface area contributed by atoms with Gasteiger partial charge in [0.25, 0.3) is 5.91 Å². The number of carbonyl (C=O) groups is 1. The van der Waals surface area contributed by atoms with Gasteiger partial charge in [0.1, 0.15) is 6.04 Å². The molecule has 4 aromatic rings. The van der Waals surface area contributed by atoms with Crippen molar-refractivity contribution in [3.05, 3.63) is 71.0 Å². The molecule has 0 radical (unpaired) electrons. The first-order valence-electron chi connectivity index (χ1n) is 8.63. The Bertz CT molecular complexity index is 1160. The summed E-state index contributed by atoms with van der Waals surface area (Å²) in [6.45, 7) is 3.60. The van der Waals surface area contributed by atoms with Gasteiger partial charge in [-0.1, -0.05) is 28.9 Å². The van der Waals surface area contributed by atoms with Crippen LogP contribution in [0.4, 0.5) is 0 Å². The summed E-state index contributed by atoms with van der Waals surface area (Å²) in [5.41, 5.74) is 2.53. The molecule has 7 nitrogen and oxygen atoms in total. The molecule has 0 aliphatic rings. The van der Waals surface area contributed by atoms with Gasteiger partial charge in [-0.3, -0.25) is 14.8 Å². The quantitative estimate of drug-likeness (QED) is 0.560. The van der Waals surface area contributed by atoms with Crippen LogP contribution in [0, 0.1) is 6.92 Å². The van der Waals surface area contributed by atoms with Gasteiger partial charge in [-0.15, -0.1) is 0 Å². The van der Waals surface area contributed by atoms with Crippen LogP contribution in [0.5, 0.6) is 0 Å². The van der Waals surface area contributed by atoms with Crippen molar-refractivity contribution >= 4 is 28.4 Å². The fourth-order valence-electron chi connectivity index (χ4n) is 2.89. The van der Waals surface area contributed by atoms with Gasteiger partial charge in [-0.2, -0.15) is 4.98 Å². The Morgan fingerprint density at radius 2 is 2.07 bits per heavy atom. The van der Waals surface area contributed by atoms with Gasteiger partial charge in [0.05, 0.1) is 16.1 Å². The fraction of sp³-hybridized carbons (Fsp3) is 0.150. The first-order chi connectivity index (χ1) is 13.5. The SMILES string of the molecule is Cc1cc(C(=O)N[C@H](C)c2nc(-c3cccnc3)no2)c2cccc(Cl)c2n1. The molecule has 0 aliphatic carbocycles. The molecule has 1 N–H and O–H groups in total. The Balaban J connectivity index is 1.60. The molecular formula is C20H16ClN5O2. The lowest BCUT2D eigenvalue weighted by atomic mass is 10.1. The molecule has 0 fully saturated rings. The van der Waals surface area contributed by atoms with E-state index in [-0.39, 0.29) is 5.91 Å². The Morgan fingerprint density at radius 1 is 1.21 bits per heavy atom. The van der Waals surface area contributed by atoms with Crippen molar-refractivity contribution in [1.82, 2.24) is 25.4 Å². The van der Waals surface area contributed by atoms with E-state index in [0.717, 1.165) is 5.56 Å². The Morgan fingerprint density at radius 3 is 2.86 bits per heavy atom. The number of fused-ring (bicyclic) bond motifs is 1. The van der Waals surface area contributed by atoms with Gasteiger partial charge < -0.3 is 9.84 Å². The molecule has 0 aliphatic heterocycles. The van der Waals surface area contributed by atoms with E-state index in [1.807, 2.05) is 19.1 Å². The molecule has 3 heterocycles. The predicted octanol–water partition coefficient (Wildman–Crippen LogP) is 4.13. The zero-order valence-corrected chi connectivity index (χ0v) is 15.9. The average Bonchev–Trinajstić information content (AvgIpc) is 3.19. The highest BCUT2D eigenvalue weighted by atomic mass is 35.5. The van der Waals surface area contributed by atoms with Crippen LogP contribution in [0.15, 0.2) is 53.3 Å². The van der Waals surface area contributed by atoms with E-state index < -0.39 is 6.04 Å². The van der Waals surface area contributed by atoms with E-state index in [4.69, 9.17) is 16.1 Å². The molecule has 4 rings (SSSR count). The number of nitrogens with one attached hydrogen (secondary N) is 1. The second kappa shape index (κ2) is 7.36. The normalized spacial score (nSPS) is 12.1. The van der Waals surface area contributed by atoms with Crippen LogP contribution in [0.3, 0.4) is 0 Å². The second-order valence-electron chi connectivity index (χ2n) is 6.34. The molecule has 0 spiro atoms. The molecule has 28 heavy (non-hydrogen) atoms. The molecule has 140 valence electrons. The van der Waals surface area contributed by atoms with Crippen molar-refractivity contribution in [2.45, 2.75) is 19.9 Å². The molecule has 3 aromatic heterocycles. The Hall–Kier alpha value is -3.32. The first kappa shape index (κ1) is 18.1. The lowest BCUT2D eigenvalue weighted by Crippen LogP contribution is -2.27. The van der Waals surface area contributed by atoms with E-state index in [0.29, 0.717) is 38.9 Å². The number of para-hydroxylation sites is 1. The average molecular weight is 394 g/mol. The number of nitrogens with zero attached hydrogens (tertiary/aromatic N) is 4. The van der Waals surface area contributed by atoms with E-state index >= 15 is 0 Å². The maximum atomic E-state index is 12.9. The first-order valence-corrected chi connectivity index (χ1v) is 9.01. The summed E-state index contributed by atoms with van der Waals surface area (Å²) < 4.78 is 5.31. The van der Waals surface area contributed by atoms with Gasteiger partial charge in [0.2, 0.25) is 11.7 Å². The highest BCUT2D eigenvalue weighted by Gasteiger charge is 2.20. The largest absolute Gasteiger partial charge is 0.340 e. The number of halogens is 1. The van der Waals surface area contributed by atoms with E-state index in [1.54, 1.807) is 43.6 Å². The van der Waals surface area contributed by atoms with Gasteiger partial charge in [0, 0.05) is 29.0 Å². The molecule has 1 aromatic carbocycles. The van der Waals surface area contributed by atoms with Crippen LogP contribution >= 0.6 is 11.6 Å². The lowest BCUT2D eigenvalue weighted by Gasteiger charge is -2.12. The zero-order valence-electron chi connectivity index (χ0n) is 15.2. The van der Waals surface area contributed by atoms with Crippen LogP contribution in [0.1, 0.15) is 34.9 Å². The zero-order chi connectivity index (χ0) is 19.7. The summed E-state index contributed by atoms with van der Waals surface area (Å²) >= 11 is 6.24. The molecule has 0 saturated carbocycles. The topological polar surface area (TPSA) is 93.8 Å². The third kappa shape index (κ3) is 3.44. The van der Waals surface area contributed by atoms with E-state index in [1.165, 1.54) is 0 Å². The van der Waals surface area contributed by atoms with Crippen molar-refractivity contribution in [3.63, 3.8) is 0 Å². The third-order valence-corrected chi connectivity index (χ3v) is 4.55. The minimum absolute atomic E-state index is 0.272. The molecule has 1 atom stereocenters. The number of pyridine rings is 2. The van der Waals surface area contributed by atoms with Crippen LogP contribution in [0.25, 0.3) is 22.3 Å². The number of amides is 1. The summed E-state index contributed by atoms with van der Waals surface area (Å²) in [7, 11) is 0. The monoisotopic (exact) mass is 393 g/mol. The molecule has 0 unspecified atom stereocenters. The van der Waals surface area contributed by atoms with Gasteiger partial charge >= 0.3 is 0 Å². The molecule has 0 bridgehead atoms.